The molecule has 20 heavy (non-hydrogen) atoms. The molecule has 0 aliphatic carbocycles. The van der Waals surface area contributed by atoms with Gasteiger partial charge in [-0.1, -0.05) is 19.1 Å². The molecule has 0 atom stereocenters. The first-order chi connectivity index (χ1) is 9.15. The molecule has 0 aliphatic heterocycles. The number of aryl methyl sites for hydroxylation is 2. The Hall–Kier alpha value is -1.37. The van der Waals surface area contributed by atoms with Crippen LogP contribution in [0, 0.1) is 13.8 Å². The summed E-state index contributed by atoms with van der Waals surface area (Å²) in [7, 11) is 0. The van der Waals surface area contributed by atoms with Crippen molar-refractivity contribution in [2.24, 2.45) is 5.73 Å². The summed E-state index contributed by atoms with van der Waals surface area (Å²) in [5, 5.41) is 0. The maximum Gasteiger partial charge on any atom is 0.405 e. The number of thiocarbonyl (C=S) groups is 1. The number of nitrogens with two attached hydrogens (primary N) is 1. The van der Waals surface area contributed by atoms with Gasteiger partial charge in [0.1, 0.15) is 17.4 Å². The molecule has 2 N–H and O–H groups in total. The van der Waals surface area contributed by atoms with Crippen molar-refractivity contribution in [2.75, 3.05) is 18.0 Å². The zero-order valence-corrected chi connectivity index (χ0v) is 12.5. The van der Waals surface area contributed by atoms with Gasteiger partial charge in [0.2, 0.25) is 0 Å². The Balaban J connectivity index is 3.34. The zero-order chi connectivity index (χ0) is 15.5. The number of halogens is 3. The highest BCUT2D eigenvalue weighted by atomic mass is 32.1. The van der Waals surface area contributed by atoms with Crippen LogP contribution in [0.15, 0.2) is 6.07 Å². The average Bonchev–Trinajstić information content (AvgIpc) is 2.24. The molecule has 1 aromatic heterocycles. The SMILES string of the molecule is CCCN(CC(F)(F)F)c1nc(C)cc(C)c1C(N)=S. The van der Waals surface area contributed by atoms with Gasteiger partial charge in [0.05, 0.1) is 5.56 Å². The lowest BCUT2D eigenvalue weighted by Gasteiger charge is -2.27. The van der Waals surface area contributed by atoms with E-state index in [2.05, 4.69) is 4.98 Å². The molecule has 0 saturated heterocycles. The minimum absolute atomic E-state index is 0.0632. The molecule has 1 heterocycles. The van der Waals surface area contributed by atoms with Gasteiger partial charge < -0.3 is 10.6 Å². The lowest BCUT2D eigenvalue weighted by atomic mass is 10.1. The predicted octanol–water partition coefficient (Wildman–Crippen LogP) is 3.11. The molecule has 1 rings (SSSR count). The van der Waals surface area contributed by atoms with Crippen LogP contribution in [0.25, 0.3) is 0 Å². The van der Waals surface area contributed by atoms with Gasteiger partial charge in [0.25, 0.3) is 0 Å². The standard InChI is InChI=1S/C13H18F3N3S/c1-4-5-19(7-13(14,15)16)12-10(11(17)20)8(2)6-9(3)18-12/h6H,4-5,7H2,1-3H3,(H2,17,20). The fraction of sp³-hybridized carbons (Fsp3) is 0.538. The fourth-order valence-electron chi connectivity index (χ4n) is 2.10. The Kier molecular flexibility index (Phi) is 5.33. The average molecular weight is 305 g/mol. The van der Waals surface area contributed by atoms with Crippen LogP contribution >= 0.6 is 12.2 Å². The number of anilines is 1. The van der Waals surface area contributed by atoms with Crippen LogP contribution in [-0.4, -0.2) is 29.2 Å². The van der Waals surface area contributed by atoms with Crippen molar-refractivity contribution in [3.8, 4) is 0 Å². The highest BCUT2D eigenvalue weighted by molar-refractivity contribution is 7.80. The minimum atomic E-state index is -4.30. The summed E-state index contributed by atoms with van der Waals surface area (Å²) in [6.07, 6.45) is -3.73. The maximum absolute atomic E-state index is 12.7. The smallest absolute Gasteiger partial charge is 0.389 e. The van der Waals surface area contributed by atoms with E-state index < -0.39 is 12.7 Å². The number of hydrogen-bond donors (Lipinski definition) is 1. The second-order valence-corrected chi connectivity index (χ2v) is 5.12. The first-order valence-corrected chi connectivity index (χ1v) is 6.66. The third-order valence-electron chi connectivity index (χ3n) is 2.74. The summed E-state index contributed by atoms with van der Waals surface area (Å²) in [4.78, 5) is 5.47. The Morgan fingerprint density at radius 3 is 2.45 bits per heavy atom. The van der Waals surface area contributed by atoms with Crippen molar-refractivity contribution in [3.05, 3.63) is 22.9 Å². The van der Waals surface area contributed by atoms with Crippen molar-refractivity contribution in [3.63, 3.8) is 0 Å². The van der Waals surface area contributed by atoms with E-state index in [4.69, 9.17) is 18.0 Å². The quantitative estimate of drug-likeness (QED) is 0.849. The van der Waals surface area contributed by atoms with Gasteiger partial charge in [-0.15, -0.1) is 0 Å². The molecule has 112 valence electrons. The van der Waals surface area contributed by atoms with E-state index in [1.54, 1.807) is 19.9 Å². The number of aromatic nitrogens is 1. The summed E-state index contributed by atoms with van der Waals surface area (Å²) in [5.41, 5.74) is 7.45. The molecule has 0 amide bonds. The monoisotopic (exact) mass is 305 g/mol. The lowest BCUT2D eigenvalue weighted by Crippen LogP contribution is -2.37. The van der Waals surface area contributed by atoms with Gasteiger partial charge in [-0.2, -0.15) is 13.2 Å². The topological polar surface area (TPSA) is 42.2 Å². The molecule has 0 saturated carbocycles. The Morgan fingerprint density at radius 1 is 1.40 bits per heavy atom. The molecule has 0 spiro atoms. The number of rotatable bonds is 5. The summed E-state index contributed by atoms with van der Waals surface area (Å²) in [6.45, 7) is 4.49. The van der Waals surface area contributed by atoms with Gasteiger partial charge >= 0.3 is 6.18 Å². The first kappa shape index (κ1) is 16.7. The van der Waals surface area contributed by atoms with Crippen LogP contribution in [-0.2, 0) is 0 Å². The van der Waals surface area contributed by atoms with Gasteiger partial charge in [-0.05, 0) is 31.9 Å². The van der Waals surface area contributed by atoms with Gasteiger partial charge in [0.15, 0.2) is 0 Å². The Labute approximate surface area is 122 Å². The largest absolute Gasteiger partial charge is 0.405 e. The molecular weight excluding hydrogens is 287 g/mol. The van der Waals surface area contributed by atoms with E-state index >= 15 is 0 Å². The van der Waals surface area contributed by atoms with Gasteiger partial charge in [-0.25, -0.2) is 4.98 Å². The second kappa shape index (κ2) is 6.39. The van der Waals surface area contributed by atoms with E-state index in [9.17, 15) is 13.2 Å². The van der Waals surface area contributed by atoms with Gasteiger partial charge in [-0.3, -0.25) is 0 Å². The van der Waals surface area contributed by atoms with E-state index in [0.29, 0.717) is 17.7 Å². The van der Waals surface area contributed by atoms with E-state index in [-0.39, 0.29) is 17.4 Å². The fourth-order valence-corrected chi connectivity index (χ4v) is 2.35. The van der Waals surface area contributed by atoms with E-state index in [1.807, 2.05) is 6.92 Å². The van der Waals surface area contributed by atoms with Crippen molar-refractivity contribution in [1.82, 2.24) is 4.98 Å². The molecule has 0 aromatic carbocycles. The molecular formula is C13H18F3N3S. The Morgan fingerprint density at radius 2 is 2.00 bits per heavy atom. The van der Waals surface area contributed by atoms with Crippen LogP contribution in [0.3, 0.4) is 0 Å². The first-order valence-electron chi connectivity index (χ1n) is 6.25. The number of alkyl halides is 3. The lowest BCUT2D eigenvalue weighted by molar-refractivity contribution is -0.119. The van der Waals surface area contributed by atoms with E-state index in [0.717, 1.165) is 5.56 Å². The van der Waals surface area contributed by atoms with Crippen LogP contribution < -0.4 is 10.6 Å². The number of hydrogen-bond acceptors (Lipinski definition) is 3. The van der Waals surface area contributed by atoms with Crippen molar-refractivity contribution in [1.29, 1.82) is 0 Å². The Bertz CT molecular complexity index is 500. The van der Waals surface area contributed by atoms with Crippen molar-refractivity contribution >= 4 is 23.0 Å². The molecule has 0 fully saturated rings. The van der Waals surface area contributed by atoms with E-state index in [1.165, 1.54) is 4.90 Å². The second-order valence-electron chi connectivity index (χ2n) is 4.68. The van der Waals surface area contributed by atoms with Crippen molar-refractivity contribution in [2.45, 2.75) is 33.4 Å². The minimum Gasteiger partial charge on any atom is -0.389 e. The number of nitrogens with zero attached hydrogens (tertiary/aromatic N) is 2. The highest BCUT2D eigenvalue weighted by Crippen LogP contribution is 2.26. The summed E-state index contributed by atoms with van der Waals surface area (Å²) < 4.78 is 38.1. The molecule has 7 heteroatoms. The van der Waals surface area contributed by atoms with Crippen molar-refractivity contribution < 1.29 is 13.2 Å². The summed E-state index contributed by atoms with van der Waals surface area (Å²) in [6, 6.07) is 1.76. The molecule has 0 aliphatic rings. The van der Waals surface area contributed by atoms with Crippen LogP contribution in [0.2, 0.25) is 0 Å². The molecule has 0 unspecified atom stereocenters. The molecule has 0 bridgehead atoms. The zero-order valence-electron chi connectivity index (χ0n) is 11.7. The summed E-state index contributed by atoms with van der Waals surface area (Å²) >= 11 is 4.95. The molecule has 1 aromatic rings. The van der Waals surface area contributed by atoms with Gasteiger partial charge in [0, 0.05) is 12.2 Å². The highest BCUT2D eigenvalue weighted by Gasteiger charge is 2.32. The normalized spacial score (nSPS) is 11.5. The summed E-state index contributed by atoms with van der Waals surface area (Å²) in [5.74, 6) is 0.217. The third kappa shape index (κ3) is 4.33. The van der Waals surface area contributed by atoms with Crippen LogP contribution in [0.5, 0.6) is 0 Å². The van der Waals surface area contributed by atoms with Crippen LogP contribution in [0.4, 0.5) is 19.0 Å². The molecule has 0 radical (unpaired) electrons. The molecule has 3 nitrogen and oxygen atoms in total. The number of pyridine rings is 1. The maximum atomic E-state index is 12.7. The predicted molar refractivity (Wildman–Crippen MR) is 78.2 cm³/mol. The third-order valence-corrected chi connectivity index (χ3v) is 2.94. The van der Waals surface area contributed by atoms with Crippen LogP contribution in [0.1, 0.15) is 30.2 Å².